The van der Waals surface area contributed by atoms with E-state index in [1.165, 1.54) is 18.3 Å². The minimum Gasteiger partial charge on any atom is -0.508 e. The van der Waals surface area contributed by atoms with E-state index in [9.17, 15) is 15.2 Å². The van der Waals surface area contributed by atoms with Crippen LogP contribution in [0.25, 0.3) is 0 Å². The normalized spacial score (nSPS) is 10.7. The summed E-state index contributed by atoms with van der Waals surface area (Å²) in [6.07, 6.45) is 1.34. The quantitative estimate of drug-likeness (QED) is 0.426. The molecule has 0 unspecified atom stereocenters. The van der Waals surface area contributed by atoms with Crippen LogP contribution in [0.2, 0.25) is 0 Å². The molecule has 0 heterocycles. The maximum Gasteiger partial charge on any atom is 0.267 e. The van der Waals surface area contributed by atoms with E-state index in [1.54, 1.807) is 25.1 Å². The van der Waals surface area contributed by atoms with Gasteiger partial charge >= 0.3 is 0 Å². The number of para-hydroxylation sites is 2. The zero-order valence-electron chi connectivity index (χ0n) is 14.0. The third-order valence-corrected chi connectivity index (χ3v) is 3.38. The smallest absolute Gasteiger partial charge is 0.267 e. The van der Waals surface area contributed by atoms with E-state index in [4.69, 9.17) is 4.74 Å². The summed E-state index contributed by atoms with van der Waals surface area (Å²) in [5, 5.41) is 24.2. The Morgan fingerprint density at radius 1 is 1.28 bits per heavy atom. The van der Waals surface area contributed by atoms with Crippen molar-refractivity contribution in [2.75, 3.05) is 17.2 Å². The van der Waals surface area contributed by atoms with Gasteiger partial charge in [0.2, 0.25) is 0 Å². The van der Waals surface area contributed by atoms with Gasteiger partial charge in [0.1, 0.15) is 23.1 Å². The Morgan fingerprint density at radius 3 is 2.72 bits per heavy atom. The van der Waals surface area contributed by atoms with Crippen molar-refractivity contribution in [3.05, 3.63) is 59.8 Å². The summed E-state index contributed by atoms with van der Waals surface area (Å²) in [4.78, 5) is 12.3. The molecule has 0 saturated heterocycles. The third-order valence-electron chi connectivity index (χ3n) is 3.38. The molecular formula is C19H19N3O3. The summed E-state index contributed by atoms with van der Waals surface area (Å²) >= 11 is 0. The number of carbonyl (C=O) groups is 1. The van der Waals surface area contributed by atoms with E-state index in [-0.39, 0.29) is 11.3 Å². The number of carbonyl (C=O) groups excluding carboxylic acids is 1. The topological polar surface area (TPSA) is 94.4 Å². The Hall–Kier alpha value is -3.46. The SMILES string of the molecule is CCOc1ccccc1N/C=C(/C#N)C(=O)Nc1ccc(O)cc1C. The molecule has 2 aromatic rings. The van der Waals surface area contributed by atoms with Gasteiger partial charge in [-0.15, -0.1) is 0 Å². The third kappa shape index (κ3) is 4.75. The average molecular weight is 337 g/mol. The molecule has 0 bridgehead atoms. The predicted octanol–water partition coefficient (Wildman–Crippen LogP) is 3.56. The van der Waals surface area contributed by atoms with Crippen LogP contribution >= 0.6 is 0 Å². The van der Waals surface area contributed by atoms with Gasteiger partial charge in [-0.25, -0.2) is 0 Å². The molecule has 0 aliphatic carbocycles. The first-order valence-electron chi connectivity index (χ1n) is 7.74. The Labute approximate surface area is 146 Å². The minimum atomic E-state index is -0.544. The maximum atomic E-state index is 12.3. The van der Waals surface area contributed by atoms with Crippen LogP contribution in [0.4, 0.5) is 11.4 Å². The molecule has 0 saturated carbocycles. The number of hydrogen-bond acceptors (Lipinski definition) is 5. The van der Waals surface area contributed by atoms with Crippen molar-refractivity contribution in [2.24, 2.45) is 0 Å². The summed E-state index contributed by atoms with van der Waals surface area (Å²) in [7, 11) is 0. The van der Waals surface area contributed by atoms with E-state index >= 15 is 0 Å². The largest absolute Gasteiger partial charge is 0.508 e. The van der Waals surface area contributed by atoms with Gasteiger partial charge in [-0.3, -0.25) is 4.79 Å². The molecule has 0 spiro atoms. The molecule has 0 aromatic heterocycles. The van der Waals surface area contributed by atoms with Gasteiger partial charge < -0.3 is 20.5 Å². The molecule has 0 aliphatic heterocycles. The molecule has 0 aliphatic rings. The molecule has 6 nitrogen and oxygen atoms in total. The van der Waals surface area contributed by atoms with E-state index < -0.39 is 5.91 Å². The van der Waals surface area contributed by atoms with Crippen molar-refractivity contribution < 1.29 is 14.6 Å². The van der Waals surface area contributed by atoms with Gasteiger partial charge in [-0.1, -0.05) is 12.1 Å². The van der Waals surface area contributed by atoms with Crippen molar-refractivity contribution in [1.29, 1.82) is 5.26 Å². The number of phenolic OH excluding ortho intramolecular Hbond substituents is 1. The van der Waals surface area contributed by atoms with E-state index in [0.717, 1.165) is 0 Å². The fraction of sp³-hybridized carbons (Fsp3) is 0.158. The number of nitriles is 1. The van der Waals surface area contributed by atoms with Gasteiger partial charge in [0, 0.05) is 11.9 Å². The minimum absolute atomic E-state index is 0.0845. The molecule has 2 aromatic carbocycles. The van der Waals surface area contributed by atoms with Gasteiger partial charge in [-0.2, -0.15) is 5.26 Å². The zero-order chi connectivity index (χ0) is 18.2. The number of nitrogens with one attached hydrogen (secondary N) is 2. The maximum absolute atomic E-state index is 12.3. The molecule has 3 N–H and O–H groups in total. The number of aromatic hydroxyl groups is 1. The molecule has 0 atom stereocenters. The summed E-state index contributed by atoms with van der Waals surface area (Å²) in [6, 6.07) is 13.7. The van der Waals surface area contributed by atoms with Crippen LogP contribution in [0.1, 0.15) is 12.5 Å². The van der Waals surface area contributed by atoms with Crippen LogP contribution in [0.15, 0.2) is 54.2 Å². The van der Waals surface area contributed by atoms with Crippen molar-refractivity contribution in [1.82, 2.24) is 0 Å². The van der Waals surface area contributed by atoms with Gasteiger partial charge in [-0.05, 0) is 49.7 Å². The van der Waals surface area contributed by atoms with E-state index in [1.807, 2.05) is 25.1 Å². The number of benzene rings is 2. The first-order valence-corrected chi connectivity index (χ1v) is 7.74. The van der Waals surface area contributed by atoms with Crippen molar-refractivity contribution in [3.8, 4) is 17.6 Å². The van der Waals surface area contributed by atoms with Crippen LogP contribution in [-0.2, 0) is 4.79 Å². The summed E-state index contributed by atoms with van der Waals surface area (Å²) in [5.74, 6) is 0.201. The molecule has 128 valence electrons. The Balaban J connectivity index is 2.14. The highest BCUT2D eigenvalue weighted by molar-refractivity contribution is 6.07. The molecule has 25 heavy (non-hydrogen) atoms. The highest BCUT2D eigenvalue weighted by Gasteiger charge is 2.11. The number of ether oxygens (including phenoxy) is 1. The lowest BCUT2D eigenvalue weighted by Gasteiger charge is -2.10. The Bertz CT molecular complexity index is 838. The molecule has 6 heteroatoms. The van der Waals surface area contributed by atoms with Gasteiger partial charge in [0.05, 0.1) is 12.3 Å². The van der Waals surface area contributed by atoms with Gasteiger partial charge in [0.25, 0.3) is 5.91 Å². The van der Waals surface area contributed by atoms with Crippen molar-refractivity contribution in [2.45, 2.75) is 13.8 Å². The highest BCUT2D eigenvalue weighted by atomic mass is 16.5. The number of phenols is 1. The van der Waals surface area contributed by atoms with E-state index in [2.05, 4.69) is 10.6 Å². The molecule has 1 amide bonds. The van der Waals surface area contributed by atoms with Gasteiger partial charge in [0.15, 0.2) is 0 Å². The molecule has 0 radical (unpaired) electrons. The summed E-state index contributed by atoms with van der Waals surface area (Å²) < 4.78 is 5.49. The van der Waals surface area contributed by atoms with Crippen molar-refractivity contribution in [3.63, 3.8) is 0 Å². The Kier molecular flexibility index (Phi) is 6.02. The monoisotopic (exact) mass is 337 g/mol. The van der Waals surface area contributed by atoms with Crippen LogP contribution in [-0.4, -0.2) is 17.6 Å². The van der Waals surface area contributed by atoms with Crippen molar-refractivity contribution >= 4 is 17.3 Å². The lowest BCUT2D eigenvalue weighted by atomic mass is 10.2. The highest BCUT2D eigenvalue weighted by Crippen LogP contribution is 2.24. The molecular weight excluding hydrogens is 318 g/mol. The second-order valence-corrected chi connectivity index (χ2v) is 5.20. The number of rotatable bonds is 6. The molecule has 2 rings (SSSR count). The summed E-state index contributed by atoms with van der Waals surface area (Å²) in [6.45, 7) is 4.14. The number of nitrogens with zero attached hydrogens (tertiary/aromatic N) is 1. The fourth-order valence-corrected chi connectivity index (χ4v) is 2.14. The fourth-order valence-electron chi connectivity index (χ4n) is 2.14. The predicted molar refractivity (Wildman–Crippen MR) is 96.4 cm³/mol. The lowest BCUT2D eigenvalue weighted by molar-refractivity contribution is -0.112. The van der Waals surface area contributed by atoms with E-state index in [0.29, 0.717) is 29.3 Å². The second-order valence-electron chi connectivity index (χ2n) is 5.20. The number of hydrogen-bond donors (Lipinski definition) is 3. The first kappa shape index (κ1) is 17.9. The zero-order valence-corrected chi connectivity index (χ0v) is 14.0. The lowest BCUT2D eigenvalue weighted by Crippen LogP contribution is -2.15. The first-order chi connectivity index (χ1) is 12.0. The van der Waals surface area contributed by atoms with Crippen LogP contribution in [0, 0.1) is 18.3 Å². The number of amides is 1. The van der Waals surface area contributed by atoms with Crippen LogP contribution in [0.5, 0.6) is 11.5 Å². The van der Waals surface area contributed by atoms with Crippen LogP contribution in [0.3, 0.4) is 0 Å². The number of anilines is 2. The summed E-state index contributed by atoms with van der Waals surface area (Å²) in [5.41, 5.74) is 1.79. The standard InChI is InChI=1S/C19H19N3O3/c1-3-25-18-7-5-4-6-17(18)21-12-14(11-20)19(24)22-16-9-8-15(23)10-13(16)2/h4-10,12,21,23H,3H2,1-2H3,(H,22,24)/b14-12-. The van der Waals surface area contributed by atoms with Crippen LogP contribution < -0.4 is 15.4 Å². The Morgan fingerprint density at radius 2 is 2.04 bits per heavy atom. The molecule has 0 fully saturated rings. The second kappa shape index (κ2) is 8.41. The number of aryl methyl sites for hydroxylation is 1. The average Bonchev–Trinajstić information content (AvgIpc) is 2.59.